The zero-order valence-electron chi connectivity index (χ0n) is 72.0. The average molecular weight is 1830 g/mol. The highest BCUT2D eigenvalue weighted by atomic mass is 32.2. The summed E-state index contributed by atoms with van der Waals surface area (Å²) < 4.78 is 0. The van der Waals surface area contributed by atoms with E-state index in [0.29, 0.717) is 12.0 Å². The van der Waals surface area contributed by atoms with Crippen LogP contribution in [0.3, 0.4) is 0 Å². The lowest BCUT2D eigenvalue weighted by Crippen LogP contribution is -2.63. The van der Waals surface area contributed by atoms with Gasteiger partial charge < -0.3 is 111 Å². The zero-order valence-corrected chi connectivity index (χ0v) is 75.3. The van der Waals surface area contributed by atoms with Crippen LogP contribution in [0.25, 0.3) is 0 Å². The van der Waals surface area contributed by atoms with Crippen molar-refractivity contribution in [2.24, 2.45) is 29.4 Å². The summed E-state index contributed by atoms with van der Waals surface area (Å²) in [6.45, 7) is 20.1. The van der Waals surface area contributed by atoms with E-state index in [0.717, 1.165) is 35.3 Å². The number of carboxylic acid groups (broad SMARTS) is 1. The Morgan fingerprint density at radius 1 is 0.560 bits per heavy atom. The summed E-state index contributed by atoms with van der Waals surface area (Å²) in [6.07, 6.45) is 0.0583. The van der Waals surface area contributed by atoms with Crippen molar-refractivity contribution < 1.29 is 101 Å². The predicted octanol–water partition coefficient (Wildman–Crippen LogP) is -4.75. The monoisotopic (exact) mass is 1820 g/mol. The number of hydrogen-bond donors (Lipinski definition) is 20. The molecule has 690 valence electrons. The first kappa shape index (κ1) is 103. The first-order valence-corrected chi connectivity index (χ1v) is 45.5. The molecule has 45 heteroatoms. The molecule has 19 atom stereocenters. The van der Waals surface area contributed by atoms with Gasteiger partial charge in [-0.1, -0.05) is 126 Å². The van der Waals surface area contributed by atoms with Crippen LogP contribution in [0.5, 0.6) is 0 Å². The lowest BCUT2D eigenvalue weighted by molar-refractivity contribution is -0.142. The van der Waals surface area contributed by atoms with E-state index < -0.39 is 298 Å². The minimum absolute atomic E-state index is 0.00610. The van der Waals surface area contributed by atoms with Crippen LogP contribution in [0, 0.1) is 23.7 Å². The van der Waals surface area contributed by atoms with Gasteiger partial charge in [0, 0.05) is 63.8 Å². The van der Waals surface area contributed by atoms with Gasteiger partial charge in [-0.2, -0.15) is 35.3 Å². The minimum atomic E-state index is -1.94. The highest BCUT2D eigenvalue weighted by Crippen LogP contribution is 2.27. The fourth-order valence-corrected chi connectivity index (χ4v) is 17.6. The van der Waals surface area contributed by atoms with E-state index in [1.165, 1.54) is 62.9 Å². The second kappa shape index (κ2) is 50.0. The van der Waals surface area contributed by atoms with Crippen molar-refractivity contribution in [1.29, 1.82) is 0 Å². The van der Waals surface area contributed by atoms with Crippen molar-refractivity contribution in [1.82, 2.24) is 101 Å². The topological polar surface area (TPSA) is 607 Å². The molecule has 19 amide bonds. The van der Waals surface area contributed by atoms with Gasteiger partial charge in [0.2, 0.25) is 106 Å². The Labute approximate surface area is 742 Å². The van der Waals surface area contributed by atoms with Gasteiger partial charge in [-0.25, -0.2) is 0 Å². The van der Waals surface area contributed by atoms with Crippen LogP contribution in [0.1, 0.15) is 134 Å². The molecule has 5 aliphatic rings. The van der Waals surface area contributed by atoms with E-state index in [9.17, 15) is 62.6 Å². The van der Waals surface area contributed by atoms with E-state index in [4.69, 9.17) is 5.73 Å². The van der Waals surface area contributed by atoms with Crippen molar-refractivity contribution in [3.8, 4) is 0 Å². The van der Waals surface area contributed by atoms with Crippen molar-refractivity contribution >= 4 is 165 Å². The number of amides is 19. The molecular formula is C80H120N20O21S4. The fourth-order valence-electron chi connectivity index (χ4n) is 13.6. The molecule has 0 aromatic heterocycles. The van der Waals surface area contributed by atoms with Crippen LogP contribution in [0.2, 0.25) is 0 Å². The highest BCUT2D eigenvalue weighted by Gasteiger charge is 2.45. The Bertz CT molecular complexity index is 4170. The molecule has 0 saturated carbocycles. The summed E-state index contributed by atoms with van der Waals surface area (Å²) in [5.41, 5.74) is 5.93. The Morgan fingerprint density at radius 2 is 1.14 bits per heavy atom. The van der Waals surface area contributed by atoms with Gasteiger partial charge in [0.05, 0.1) is 37.9 Å². The molecule has 0 spiro atoms. The number of aliphatic carboxylic acids is 1. The SMILES string of the molecule is C=C1NC(=O)C2NC(=O)[C@H](CC(C)C)NC(=O)C(NC(=O)[C@@H]3CSC(C)[C@H](NC(=O)[C@H](Cc4ccccc4)NC(=O)C4NC(=O)[C@@H](N)CSC4C)C(=O)N[C@@H](CC(C)C)C(=O)N4CCC[C@H]4C(=O)NCC(=O)NCC(=O)NCC(=O)NCC(=O)N[C@@H](C(C)C)C(=O)N3)C(C)SC[C@@H](NC(=O)[C@H](CCC(=O)O)NC1=O)C(=O)N[C@@H]([C@H](C)CC)C(=O)N/C=C/SC2C. The lowest BCUT2D eigenvalue weighted by atomic mass is 9.98. The summed E-state index contributed by atoms with van der Waals surface area (Å²) in [5.74, 6) is -23.0. The first-order chi connectivity index (χ1) is 59.0. The number of nitrogens with two attached hydrogens (primary N) is 1. The van der Waals surface area contributed by atoms with Gasteiger partial charge in [-0.05, 0) is 66.7 Å². The number of carbonyl (C=O) groups is 20. The first-order valence-electron chi connectivity index (χ1n) is 41.5. The molecule has 4 saturated heterocycles. The number of nitrogens with one attached hydrogen (secondary N) is 18. The number of rotatable bonds is 18. The molecule has 41 nitrogen and oxygen atoms in total. The number of carboxylic acids is 1. The number of hydrogen-bond acceptors (Lipinski definition) is 25. The molecule has 0 aliphatic carbocycles. The van der Waals surface area contributed by atoms with Crippen LogP contribution in [0.4, 0.5) is 0 Å². The van der Waals surface area contributed by atoms with E-state index in [2.05, 4.69) is 102 Å². The molecule has 1 aromatic carbocycles. The van der Waals surface area contributed by atoms with Gasteiger partial charge in [0.25, 0.3) is 5.91 Å². The Kier molecular flexibility index (Phi) is 41.3. The maximum atomic E-state index is 16.0. The zero-order chi connectivity index (χ0) is 92.8. The van der Waals surface area contributed by atoms with Crippen LogP contribution in [-0.4, -0.2) is 284 Å². The van der Waals surface area contributed by atoms with E-state index in [1.54, 1.807) is 78.8 Å². The Morgan fingerprint density at radius 3 is 1.74 bits per heavy atom. The van der Waals surface area contributed by atoms with Gasteiger partial charge >= 0.3 is 5.97 Å². The van der Waals surface area contributed by atoms with Crippen molar-refractivity contribution in [3.63, 3.8) is 0 Å². The Hall–Kier alpha value is -10.5. The summed E-state index contributed by atoms with van der Waals surface area (Å²) in [6, 6.07) is -13.5. The maximum absolute atomic E-state index is 16.0. The van der Waals surface area contributed by atoms with E-state index in [-0.39, 0.29) is 50.3 Å². The number of carbonyl (C=O) groups excluding carboxylic acids is 19. The maximum Gasteiger partial charge on any atom is 0.303 e. The van der Waals surface area contributed by atoms with Crippen LogP contribution >= 0.6 is 47.0 Å². The van der Waals surface area contributed by atoms with Gasteiger partial charge in [0.15, 0.2) is 0 Å². The smallest absolute Gasteiger partial charge is 0.303 e. The molecule has 2 bridgehead atoms. The van der Waals surface area contributed by atoms with Crippen molar-refractivity contribution in [3.05, 3.63) is 59.8 Å². The molecule has 7 unspecified atom stereocenters. The number of benzene rings is 1. The van der Waals surface area contributed by atoms with E-state index in [1.807, 2.05) is 0 Å². The fraction of sp³-hybridized carbons (Fsp3) is 0.625. The molecule has 125 heavy (non-hydrogen) atoms. The van der Waals surface area contributed by atoms with Gasteiger partial charge in [-0.15, -0.1) is 11.8 Å². The van der Waals surface area contributed by atoms with Gasteiger partial charge in [0.1, 0.15) is 78.5 Å². The van der Waals surface area contributed by atoms with Crippen LogP contribution < -0.4 is 101 Å². The summed E-state index contributed by atoms with van der Waals surface area (Å²) in [5, 5.41) is 53.2. The predicted molar refractivity (Wildman–Crippen MR) is 466 cm³/mol. The third kappa shape index (κ3) is 32.4. The largest absolute Gasteiger partial charge is 0.481 e. The van der Waals surface area contributed by atoms with Crippen molar-refractivity contribution in [2.45, 2.75) is 240 Å². The standard InChI is InChI=1S/C80H120N20O21S4/c1-14-40(8)61-74(115)82-24-26-122-42(10)62-76(117)87-41(9)66(107)88-48(22-23-59(105)106)68(109)92-52(71(112)95-61)35-124-44(12)64(78(119)89-49(27-37(2)3)69(110)97-62)99-72(113)53-36-125-45(13)65(98-70(111)50(29-46-19-16-15-17-20-46)90-77(118)63-43(11)123-34-47(81)67(108)96-63)79(120)91-51(28-38(4)5)80(121)100-25-18-21-54(100)73(114)86-32-57(103)84-30-55(101)83-31-56(102)85-33-58(104)94-60(39(6)7)75(116)93-53/h15-17,19-20,24,26,37-40,42-45,47-54,60-65H,9,14,18,21-23,25,27-36,81H2,1-8,10-13H3,(H,82,115)(H,83,101)(H,84,103)(H,85,102)(H,86,114)(H,87,117)(H,88,107)(H,89,119)(H,90,118)(H,91,120)(H,92,109)(H,93,116)(H,94,104)(H,95,112)(H,96,108)(H,97,110)(H,98,111)(H,99,113)(H,105,106)/b26-24+/t40-,42?,43?,44?,45?,47+,48+,49+,50+,51+,52-,53+,54+,60+,61+,62?,63?,64?,65+/m1/s1. The third-order valence-electron chi connectivity index (χ3n) is 21.0. The quantitative estimate of drug-likeness (QED) is 0.0485. The second-order valence-corrected chi connectivity index (χ2v) is 37.9. The van der Waals surface area contributed by atoms with Gasteiger partial charge in [-0.3, -0.25) is 95.9 Å². The minimum Gasteiger partial charge on any atom is -0.481 e. The number of nitrogens with zero attached hydrogens (tertiary/aromatic N) is 1. The van der Waals surface area contributed by atoms with Crippen LogP contribution in [-0.2, 0) is 102 Å². The molecule has 5 aliphatic heterocycles. The second-order valence-electron chi connectivity index (χ2n) is 32.4. The van der Waals surface area contributed by atoms with Crippen LogP contribution in [0.15, 0.2) is 54.2 Å². The van der Waals surface area contributed by atoms with E-state index >= 15 is 38.4 Å². The molecule has 5 heterocycles. The number of thioether (sulfide) groups is 4. The molecular weight excluding hydrogens is 1710 g/mol. The summed E-state index contributed by atoms with van der Waals surface area (Å²) in [7, 11) is 0. The summed E-state index contributed by atoms with van der Waals surface area (Å²) >= 11 is 3.62. The summed E-state index contributed by atoms with van der Waals surface area (Å²) in [4.78, 5) is 289. The molecule has 4 fully saturated rings. The lowest BCUT2D eigenvalue weighted by Gasteiger charge is -2.33. The molecule has 6 rings (SSSR count). The highest BCUT2D eigenvalue weighted by molar-refractivity contribution is 8.02. The normalized spacial score (nSPS) is 29.0. The van der Waals surface area contributed by atoms with Crippen molar-refractivity contribution in [2.75, 3.05) is 50.0 Å². The average Bonchev–Trinajstić information content (AvgIpc) is 1.75. The Balaban J connectivity index is 1.56. The molecule has 1 aromatic rings. The third-order valence-corrected chi connectivity index (χ3v) is 26.0. The molecule has 0 radical (unpaired) electrons. The molecule has 21 N–H and O–H groups in total. The number of fused-ring (bicyclic) bond motifs is 10.